The van der Waals surface area contributed by atoms with Crippen LogP contribution in [0.1, 0.15) is 34.2 Å². The van der Waals surface area contributed by atoms with Gasteiger partial charge in [0, 0.05) is 18.2 Å². The number of nitrogens with two attached hydrogens (primary N) is 1. The summed E-state index contributed by atoms with van der Waals surface area (Å²) in [6, 6.07) is 3.69. The van der Waals surface area contributed by atoms with Crippen molar-refractivity contribution in [2.75, 3.05) is 5.75 Å². The lowest BCUT2D eigenvalue weighted by Crippen LogP contribution is -2.48. The van der Waals surface area contributed by atoms with Crippen LogP contribution in [0.15, 0.2) is 35.6 Å². The number of carbonyl (C=O) groups excluding carboxylic acids is 1. The van der Waals surface area contributed by atoms with Crippen LogP contribution in [-0.4, -0.2) is 32.6 Å². The number of amidine groups is 1. The Balaban J connectivity index is 1.96. The number of rotatable bonds is 4. The van der Waals surface area contributed by atoms with Gasteiger partial charge in [-0.1, -0.05) is 17.8 Å². The number of thioether (sulfide) groups is 1. The minimum Gasteiger partial charge on any atom is -0.379 e. The minimum atomic E-state index is -3.30. The monoisotopic (exact) mass is 394 g/mol. The van der Waals surface area contributed by atoms with Crippen LogP contribution < -0.4 is 5.73 Å². The number of hydrogen-bond donors (Lipinski definition) is 1. The Kier molecular flexibility index (Phi) is 4.98. The van der Waals surface area contributed by atoms with E-state index in [1.165, 1.54) is 24.5 Å². The lowest BCUT2D eigenvalue weighted by atomic mass is 9.84. The number of ketones is 1. The Bertz CT molecular complexity index is 917. The van der Waals surface area contributed by atoms with E-state index in [9.17, 15) is 18.0 Å². The van der Waals surface area contributed by atoms with Gasteiger partial charge in [0.05, 0.1) is 17.6 Å². The van der Waals surface area contributed by atoms with Gasteiger partial charge in [0.1, 0.15) is 11.5 Å². The van der Waals surface area contributed by atoms with E-state index in [-0.39, 0.29) is 28.6 Å². The molecule has 1 atom stereocenters. The zero-order valence-corrected chi connectivity index (χ0v) is 15.5. The predicted molar refractivity (Wildman–Crippen MR) is 97.6 cm³/mol. The third kappa shape index (κ3) is 3.69. The number of hydrogen-bond acceptors (Lipinski definition) is 6. The van der Waals surface area contributed by atoms with Crippen LogP contribution >= 0.6 is 11.8 Å². The summed E-state index contributed by atoms with van der Waals surface area (Å²) in [7, 11) is 0. The molecule has 0 unspecified atom stereocenters. The molecule has 2 aromatic rings. The molecular formula is C18H17F3N4OS. The second kappa shape index (κ2) is 6.95. The third-order valence-corrected chi connectivity index (χ3v) is 5.33. The van der Waals surface area contributed by atoms with E-state index in [1.807, 2.05) is 0 Å². The molecule has 9 heteroatoms. The summed E-state index contributed by atoms with van der Waals surface area (Å²) < 4.78 is 43.5. The second-order valence-corrected chi connectivity index (χ2v) is 7.47. The van der Waals surface area contributed by atoms with Gasteiger partial charge in [-0.2, -0.15) is 0 Å². The van der Waals surface area contributed by atoms with Crippen LogP contribution in [0, 0.1) is 12.7 Å². The number of benzene rings is 1. The zero-order chi connectivity index (χ0) is 19.8. The molecule has 1 aromatic carbocycles. The van der Waals surface area contributed by atoms with Crippen molar-refractivity contribution < 1.29 is 18.0 Å². The first-order valence-electron chi connectivity index (χ1n) is 8.09. The third-order valence-electron chi connectivity index (χ3n) is 4.43. The quantitative estimate of drug-likeness (QED) is 0.805. The highest BCUT2D eigenvalue weighted by Gasteiger charge is 2.55. The summed E-state index contributed by atoms with van der Waals surface area (Å²) in [6.45, 7) is 2.89. The molecule has 1 aliphatic rings. The Morgan fingerprint density at radius 3 is 2.70 bits per heavy atom. The van der Waals surface area contributed by atoms with Crippen molar-refractivity contribution in [3.8, 4) is 0 Å². The maximum Gasteiger partial charge on any atom is 0.286 e. The molecule has 3 rings (SSSR count). The Morgan fingerprint density at radius 2 is 2.04 bits per heavy atom. The molecule has 2 N–H and O–H groups in total. The molecule has 0 saturated heterocycles. The Morgan fingerprint density at radius 1 is 1.30 bits per heavy atom. The Hall–Kier alpha value is -2.42. The van der Waals surface area contributed by atoms with Gasteiger partial charge < -0.3 is 5.73 Å². The van der Waals surface area contributed by atoms with Gasteiger partial charge >= 0.3 is 0 Å². The van der Waals surface area contributed by atoms with Gasteiger partial charge in [0.2, 0.25) is 0 Å². The molecule has 0 amide bonds. The van der Waals surface area contributed by atoms with Crippen molar-refractivity contribution in [2.45, 2.75) is 31.7 Å². The molecule has 0 fully saturated rings. The molecular weight excluding hydrogens is 377 g/mol. The van der Waals surface area contributed by atoms with E-state index in [0.717, 1.165) is 24.8 Å². The number of aliphatic imine (C=N–C) groups is 1. The molecule has 5 nitrogen and oxygen atoms in total. The molecule has 2 heterocycles. The lowest BCUT2D eigenvalue weighted by molar-refractivity contribution is -0.0484. The van der Waals surface area contributed by atoms with E-state index < -0.39 is 23.0 Å². The highest BCUT2D eigenvalue weighted by atomic mass is 32.2. The standard InChI is InChI=1S/C18H17F3N4OS/c1-10-7-24-14(8-23-10)15(26)6-11-3-4-13(19)12(5-11)17(2)18(20,21)9-27-16(22)25-17/h3-5,7-8H,6,9H2,1-2H3,(H2,22,25)/t17-/m1/s1. The van der Waals surface area contributed by atoms with Crippen LogP contribution in [0.5, 0.6) is 0 Å². The maximum atomic E-state index is 14.6. The van der Waals surface area contributed by atoms with Crippen LogP contribution in [-0.2, 0) is 12.0 Å². The number of nitrogens with zero attached hydrogens (tertiary/aromatic N) is 3. The molecule has 0 radical (unpaired) electrons. The molecule has 1 aromatic heterocycles. The van der Waals surface area contributed by atoms with Gasteiger partial charge in [-0.15, -0.1) is 0 Å². The van der Waals surface area contributed by atoms with Crippen molar-refractivity contribution in [2.24, 2.45) is 10.7 Å². The molecule has 0 saturated carbocycles. The smallest absolute Gasteiger partial charge is 0.286 e. The predicted octanol–water partition coefficient (Wildman–Crippen LogP) is 3.26. The summed E-state index contributed by atoms with van der Waals surface area (Å²) >= 11 is 0.727. The number of aryl methyl sites for hydroxylation is 1. The van der Waals surface area contributed by atoms with E-state index in [1.54, 1.807) is 6.92 Å². The first-order chi connectivity index (χ1) is 12.6. The number of Topliss-reactive ketones (excluding diaryl/α,β-unsaturated/α-hetero) is 1. The van der Waals surface area contributed by atoms with E-state index in [2.05, 4.69) is 15.0 Å². The van der Waals surface area contributed by atoms with E-state index in [4.69, 9.17) is 5.73 Å². The number of aromatic nitrogens is 2. The fourth-order valence-corrected chi connectivity index (χ4v) is 3.62. The van der Waals surface area contributed by atoms with Gasteiger partial charge in [0.15, 0.2) is 16.5 Å². The normalized spacial score (nSPS) is 21.6. The number of alkyl halides is 2. The minimum absolute atomic E-state index is 0.0285. The molecule has 27 heavy (non-hydrogen) atoms. The largest absolute Gasteiger partial charge is 0.379 e. The molecule has 142 valence electrons. The van der Waals surface area contributed by atoms with Gasteiger partial charge in [-0.05, 0) is 31.5 Å². The van der Waals surface area contributed by atoms with Crippen molar-refractivity contribution in [1.82, 2.24) is 9.97 Å². The molecule has 0 bridgehead atoms. The highest BCUT2D eigenvalue weighted by Crippen LogP contribution is 2.47. The first kappa shape index (κ1) is 19.3. The summed E-state index contributed by atoms with van der Waals surface area (Å²) in [5, 5.41) is -0.0285. The van der Waals surface area contributed by atoms with Crippen LogP contribution in [0.2, 0.25) is 0 Å². The average Bonchev–Trinajstić information content (AvgIpc) is 2.61. The Labute approximate surface area is 158 Å². The van der Waals surface area contributed by atoms with Gasteiger partial charge in [-0.3, -0.25) is 9.78 Å². The summed E-state index contributed by atoms with van der Waals surface area (Å²) in [5.74, 6) is -5.07. The maximum absolute atomic E-state index is 14.6. The van der Waals surface area contributed by atoms with E-state index >= 15 is 0 Å². The summed E-state index contributed by atoms with van der Waals surface area (Å²) in [4.78, 5) is 24.2. The van der Waals surface area contributed by atoms with Crippen LogP contribution in [0.3, 0.4) is 0 Å². The molecule has 1 aliphatic heterocycles. The van der Waals surface area contributed by atoms with Gasteiger partial charge in [-0.25, -0.2) is 23.1 Å². The summed E-state index contributed by atoms with van der Waals surface area (Å²) in [6.07, 6.45) is 2.68. The van der Waals surface area contributed by atoms with Crippen LogP contribution in [0.25, 0.3) is 0 Å². The fourth-order valence-electron chi connectivity index (χ4n) is 2.76. The highest BCUT2D eigenvalue weighted by molar-refractivity contribution is 8.13. The first-order valence-corrected chi connectivity index (χ1v) is 9.08. The molecule has 0 spiro atoms. The lowest BCUT2D eigenvalue weighted by Gasteiger charge is -2.37. The van der Waals surface area contributed by atoms with Crippen molar-refractivity contribution in [3.05, 3.63) is 58.9 Å². The van der Waals surface area contributed by atoms with Crippen LogP contribution in [0.4, 0.5) is 13.2 Å². The SMILES string of the molecule is Cc1cnc(C(=O)Cc2ccc(F)c([C@@]3(C)N=C(N)SCC3(F)F)c2)cn1. The topological polar surface area (TPSA) is 81.2 Å². The average molecular weight is 394 g/mol. The zero-order valence-electron chi connectivity index (χ0n) is 14.7. The van der Waals surface area contributed by atoms with Crippen molar-refractivity contribution in [3.63, 3.8) is 0 Å². The van der Waals surface area contributed by atoms with E-state index in [0.29, 0.717) is 11.3 Å². The van der Waals surface area contributed by atoms with Crippen molar-refractivity contribution in [1.29, 1.82) is 0 Å². The molecule has 0 aliphatic carbocycles. The van der Waals surface area contributed by atoms with Gasteiger partial charge in [0.25, 0.3) is 5.92 Å². The number of carbonyl (C=O) groups is 1. The number of halogens is 3. The second-order valence-electron chi connectivity index (χ2n) is 6.47. The fraction of sp³-hybridized carbons (Fsp3) is 0.333. The summed E-state index contributed by atoms with van der Waals surface area (Å²) in [5.41, 5.74) is 4.37. The van der Waals surface area contributed by atoms with Crippen molar-refractivity contribution >= 4 is 22.7 Å².